The average molecular weight is 384 g/mol. The summed E-state index contributed by atoms with van der Waals surface area (Å²) in [6.07, 6.45) is 1.22. The second-order valence-corrected chi connectivity index (χ2v) is 7.88. The molecule has 3 rings (SSSR count). The van der Waals surface area contributed by atoms with Gasteiger partial charge in [0.1, 0.15) is 19.7 Å². The maximum absolute atomic E-state index is 13.2. The van der Waals surface area contributed by atoms with E-state index in [-0.39, 0.29) is 23.9 Å². The number of nitrogens with one attached hydrogen (secondary N) is 2. The molecule has 7 nitrogen and oxygen atoms in total. The largest absolute Gasteiger partial charge is 0.453 e. The van der Waals surface area contributed by atoms with Crippen LogP contribution in [0.25, 0.3) is 0 Å². The molecule has 0 aliphatic carbocycles. The van der Waals surface area contributed by atoms with Crippen molar-refractivity contribution < 1.29 is 14.3 Å². The Morgan fingerprint density at radius 1 is 1.32 bits per heavy atom. The van der Waals surface area contributed by atoms with Gasteiger partial charge in [0.15, 0.2) is 0 Å². The SMILES string of the molecule is Bc1ccc(C2CN=C([C@@H]3CCCN3C(=O)[C@@H](NC(=O)OC)C(C)C)N2)cc1. The van der Waals surface area contributed by atoms with E-state index < -0.39 is 12.1 Å². The number of hydrogen-bond donors (Lipinski definition) is 2. The number of rotatable bonds is 5. The Morgan fingerprint density at radius 2 is 2.04 bits per heavy atom. The molecule has 0 radical (unpaired) electrons. The molecule has 2 N–H and O–H groups in total. The quantitative estimate of drug-likeness (QED) is 0.719. The number of benzene rings is 1. The normalized spacial score (nSPS) is 22.6. The van der Waals surface area contributed by atoms with Crippen molar-refractivity contribution in [3.8, 4) is 0 Å². The average Bonchev–Trinajstić information content (AvgIpc) is 3.34. The highest BCUT2D eigenvalue weighted by molar-refractivity contribution is 6.32. The molecular formula is C20H29BN4O3. The molecule has 28 heavy (non-hydrogen) atoms. The molecule has 1 saturated heterocycles. The van der Waals surface area contributed by atoms with Gasteiger partial charge in [0, 0.05) is 6.54 Å². The Morgan fingerprint density at radius 3 is 2.68 bits per heavy atom. The maximum Gasteiger partial charge on any atom is 0.407 e. The summed E-state index contributed by atoms with van der Waals surface area (Å²) in [5.74, 6) is 0.759. The van der Waals surface area contributed by atoms with Gasteiger partial charge >= 0.3 is 6.09 Å². The molecule has 2 aliphatic heterocycles. The smallest absolute Gasteiger partial charge is 0.407 e. The number of aliphatic imine (C=N–C) groups is 1. The lowest BCUT2D eigenvalue weighted by Crippen LogP contribution is -2.54. The second kappa shape index (κ2) is 8.67. The van der Waals surface area contributed by atoms with Crippen LogP contribution in [0, 0.1) is 5.92 Å². The fourth-order valence-corrected chi connectivity index (χ4v) is 3.84. The van der Waals surface area contributed by atoms with Gasteiger partial charge in [-0.1, -0.05) is 43.6 Å². The van der Waals surface area contributed by atoms with Crippen LogP contribution in [0.2, 0.25) is 0 Å². The first kappa shape index (κ1) is 20.2. The van der Waals surface area contributed by atoms with E-state index >= 15 is 0 Å². The number of amidine groups is 1. The van der Waals surface area contributed by atoms with Crippen molar-refractivity contribution in [3.63, 3.8) is 0 Å². The molecule has 1 fully saturated rings. The number of likely N-dealkylation sites (tertiary alicyclic amines) is 1. The first-order chi connectivity index (χ1) is 13.4. The molecule has 0 spiro atoms. The van der Waals surface area contributed by atoms with Crippen LogP contribution in [0.15, 0.2) is 29.3 Å². The third-order valence-electron chi connectivity index (χ3n) is 5.49. The third kappa shape index (κ3) is 4.31. The zero-order valence-electron chi connectivity index (χ0n) is 17.1. The molecule has 2 aliphatic rings. The molecule has 1 unspecified atom stereocenters. The standard InChI is InChI=1S/C20H29BN4O3/c1-12(2)17(24-20(27)28-3)19(26)25-10-4-5-16(25)18-22-11-15(23-18)13-6-8-14(21)9-7-13/h6-9,12,15-17H,4-5,10-11,21H2,1-3H3,(H,22,23)(H,24,27)/t15?,16-,17-/m0/s1. The summed E-state index contributed by atoms with van der Waals surface area (Å²) in [5, 5.41) is 6.20. The lowest BCUT2D eigenvalue weighted by molar-refractivity contribution is -0.134. The molecule has 1 aromatic rings. The predicted molar refractivity (Wildman–Crippen MR) is 112 cm³/mol. The van der Waals surface area contributed by atoms with Crippen LogP contribution in [0.1, 0.15) is 38.3 Å². The minimum atomic E-state index is -0.608. The zero-order valence-corrected chi connectivity index (χ0v) is 17.1. The minimum absolute atomic E-state index is 0.0355. The lowest BCUT2D eigenvalue weighted by Gasteiger charge is -2.31. The summed E-state index contributed by atoms with van der Waals surface area (Å²) in [6.45, 7) is 5.18. The van der Waals surface area contributed by atoms with Crippen molar-refractivity contribution in [3.05, 3.63) is 29.8 Å². The Balaban J connectivity index is 1.69. The first-order valence-corrected chi connectivity index (χ1v) is 9.93. The van der Waals surface area contributed by atoms with Crippen molar-refractivity contribution in [2.45, 2.75) is 44.8 Å². The molecule has 8 heteroatoms. The van der Waals surface area contributed by atoms with E-state index in [1.165, 1.54) is 18.1 Å². The zero-order chi connectivity index (χ0) is 20.3. The molecule has 2 amide bonds. The number of ether oxygens (including phenoxy) is 1. The van der Waals surface area contributed by atoms with Gasteiger partial charge in [-0.3, -0.25) is 9.79 Å². The van der Waals surface area contributed by atoms with Crippen molar-refractivity contribution in [1.82, 2.24) is 15.5 Å². The van der Waals surface area contributed by atoms with Gasteiger partial charge in [-0.05, 0) is 24.3 Å². The van der Waals surface area contributed by atoms with E-state index in [0.29, 0.717) is 13.1 Å². The van der Waals surface area contributed by atoms with Crippen molar-refractivity contribution in [1.29, 1.82) is 0 Å². The van der Waals surface area contributed by atoms with Gasteiger partial charge in [-0.15, -0.1) is 0 Å². The van der Waals surface area contributed by atoms with Crippen molar-refractivity contribution in [2.24, 2.45) is 10.9 Å². The molecule has 1 aromatic carbocycles. The lowest BCUT2D eigenvalue weighted by atomic mass is 9.94. The number of hydrogen-bond acceptors (Lipinski definition) is 5. The molecule has 0 bridgehead atoms. The van der Waals surface area contributed by atoms with Crippen LogP contribution in [0.5, 0.6) is 0 Å². The molecular weight excluding hydrogens is 355 g/mol. The Bertz CT molecular complexity index is 750. The van der Waals surface area contributed by atoms with E-state index in [4.69, 9.17) is 4.99 Å². The number of nitrogens with zero attached hydrogens (tertiary/aromatic N) is 2. The second-order valence-electron chi connectivity index (χ2n) is 7.88. The van der Waals surface area contributed by atoms with Gasteiger partial charge in [0.05, 0.1) is 25.7 Å². The maximum atomic E-state index is 13.2. The van der Waals surface area contributed by atoms with Crippen LogP contribution in [-0.4, -0.2) is 62.9 Å². The highest BCUT2D eigenvalue weighted by atomic mass is 16.5. The molecule has 0 aromatic heterocycles. The van der Waals surface area contributed by atoms with E-state index in [9.17, 15) is 9.59 Å². The summed E-state index contributed by atoms with van der Waals surface area (Å²) in [6, 6.07) is 7.92. The van der Waals surface area contributed by atoms with Gasteiger partial charge in [-0.25, -0.2) is 4.79 Å². The van der Waals surface area contributed by atoms with Crippen LogP contribution in [0.3, 0.4) is 0 Å². The number of methoxy groups -OCH3 is 1. The summed E-state index contributed by atoms with van der Waals surface area (Å²) in [4.78, 5) is 31.4. The topological polar surface area (TPSA) is 83.0 Å². The van der Waals surface area contributed by atoms with Gasteiger partial charge < -0.3 is 20.3 Å². The van der Waals surface area contributed by atoms with Gasteiger partial charge in [-0.2, -0.15) is 0 Å². The first-order valence-electron chi connectivity index (χ1n) is 9.93. The predicted octanol–water partition coefficient (Wildman–Crippen LogP) is 0.359. The summed E-state index contributed by atoms with van der Waals surface area (Å²) >= 11 is 0. The fraction of sp³-hybridized carbons (Fsp3) is 0.550. The van der Waals surface area contributed by atoms with Gasteiger partial charge in [0.2, 0.25) is 5.91 Å². The Labute approximate surface area is 167 Å². The highest BCUT2D eigenvalue weighted by Crippen LogP contribution is 2.25. The Kier molecular flexibility index (Phi) is 6.26. The summed E-state index contributed by atoms with van der Waals surface area (Å²) in [7, 11) is 3.38. The fourth-order valence-electron chi connectivity index (χ4n) is 3.84. The molecule has 150 valence electrons. The number of alkyl carbamates (subject to hydrolysis) is 1. The van der Waals surface area contributed by atoms with Crippen molar-refractivity contribution >= 4 is 31.1 Å². The van der Waals surface area contributed by atoms with E-state index in [1.54, 1.807) is 0 Å². The number of amides is 2. The third-order valence-corrected chi connectivity index (χ3v) is 5.49. The highest BCUT2D eigenvalue weighted by Gasteiger charge is 2.39. The van der Waals surface area contributed by atoms with E-state index in [1.807, 2.05) is 18.7 Å². The summed E-state index contributed by atoms with van der Waals surface area (Å²) in [5.41, 5.74) is 2.43. The van der Waals surface area contributed by atoms with Crippen LogP contribution in [-0.2, 0) is 9.53 Å². The van der Waals surface area contributed by atoms with Crippen LogP contribution < -0.4 is 16.1 Å². The van der Waals surface area contributed by atoms with Crippen LogP contribution in [0.4, 0.5) is 4.79 Å². The molecule has 0 saturated carbocycles. The molecule has 2 heterocycles. The molecule has 3 atom stereocenters. The number of carbonyl (C=O) groups excluding carboxylic acids is 2. The Hall–Kier alpha value is -2.51. The van der Waals surface area contributed by atoms with Crippen molar-refractivity contribution in [2.75, 3.05) is 20.2 Å². The monoisotopic (exact) mass is 384 g/mol. The van der Waals surface area contributed by atoms with E-state index in [2.05, 4.69) is 47.5 Å². The number of carbonyl (C=O) groups is 2. The van der Waals surface area contributed by atoms with Gasteiger partial charge in [0.25, 0.3) is 0 Å². The van der Waals surface area contributed by atoms with Crippen LogP contribution >= 0.6 is 0 Å². The minimum Gasteiger partial charge on any atom is -0.453 e. The van der Waals surface area contributed by atoms with E-state index in [0.717, 1.165) is 18.7 Å². The summed E-state index contributed by atoms with van der Waals surface area (Å²) < 4.78 is 4.68.